The first-order chi connectivity index (χ1) is 14.2. The Hall–Kier alpha value is -1.33. The first-order valence-corrected chi connectivity index (χ1v) is 11.5. The van der Waals surface area contributed by atoms with Crippen LogP contribution in [0.3, 0.4) is 0 Å². The molecule has 30 heavy (non-hydrogen) atoms. The lowest BCUT2D eigenvalue weighted by Crippen LogP contribution is -2.53. The molecule has 1 saturated heterocycles. The topological polar surface area (TPSA) is 75.0 Å². The molecule has 164 valence electrons. The van der Waals surface area contributed by atoms with Crippen molar-refractivity contribution in [1.82, 2.24) is 4.90 Å². The number of nitrogens with zero attached hydrogens (tertiary/aromatic N) is 2. The summed E-state index contributed by atoms with van der Waals surface area (Å²) in [5, 5.41) is 20.2. The predicted octanol–water partition coefficient (Wildman–Crippen LogP) is 3.99. The molecule has 6 nitrogen and oxygen atoms in total. The second-order valence-electron chi connectivity index (χ2n) is 9.80. The smallest absolute Gasteiger partial charge is 0.175 e. The molecule has 0 spiro atoms. The molecular weight excluding hydrogens is 448 g/mol. The number of piperidine rings is 1. The highest BCUT2D eigenvalue weighted by atomic mass is 79.9. The summed E-state index contributed by atoms with van der Waals surface area (Å²) in [5.41, 5.74) is 1.75. The van der Waals surface area contributed by atoms with Crippen LogP contribution in [0.1, 0.15) is 57.2 Å². The number of ether oxygens (including phenoxy) is 3. The third-order valence-corrected chi connectivity index (χ3v) is 7.23. The van der Waals surface area contributed by atoms with Gasteiger partial charge < -0.3 is 19.3 Å². The second-order valence-corrected chi connectivity index (χ2v) is 10.6. The molecule has 1 aromatic carbocycles. The van der Waals surface area contributed by atoms with E-state index in [4.69, 9.17) is 14.2 Å². The number of aliphatic hydroxyl groups is 1. The Morgan fingerprint density at radius 2 is 2.10 bits per heavy atom. The monoisotopic (exact) mass is 478 g/mol. The molecular formula is C23H31BrN2O4. The third-order valence-electron chi connectivity index (χ3n) is 6.39. The van der Waals surface area contributed by atoms with Gasteiger partial charge in [0.15, 0.2) is 11.5 Å². The van der Waals surface area contributed by atoms with E-state index in [1.54, 1.807) is 7.11 Å². The van der Waals surface area contributed by atoms with E-state index in [1.807, 2.05) is 20.8 Å². The minimum absolute atomic E-state index is 0.122. The Balaban J connectivity index is 1.59. The van der Waals surface area contributed by atoms with Crippen molar-refractivity contribution in [1.29, 1.82) is 5.26 Å². The van der Waals surface area contributed by atoms with E-state index in [0.717, 1.165) is 30.3 Å². The summed E-state index contributed by atoms with van der Waals surface area (Å²) in [7, 11) is 1.64. The summed E-state index contributed by atoms with van der Waals surface area (Å²) in [5.74, 6) is 1.34. The number of halogens is 1. The first kappa shape index (κ1) is 21.9. The maximum Gasteiger partial charge on any atom is 0.175 e. The summed E-state index contributed by atoms with van der Waals surface area (Å²) in [4.78, 5) is 2.41. The Morgan fingerprint density at radius 3 is 2.70 bits per heavy atom. The summed E-state index contributed by atoms with van der Waals surface area (Å²) >= 11 is 3.76. The zero-order chi connectivity index (χ0) is 21.7. The van der Waals surface area contributed by atoms with Gasteiger partial charge in [0, 0.05) is 19.1 Å². The van der Waals surface area contributed by atoms with Crippen LogP contribution in [0.4, 0.5) is 0 Å². The molecule has 2 aliphatic heterocycles. The average Bonchev–Trinajstić information content (AvgIpc) is 3.47. The van der Waals surface area contributed by atoms with Crippen molar-refractivity contribution in [3.05, 3.63) is 21.7 Å². The van der Waals surface area contributed by atoms with Crippen LogP contribution >= 0.6 is 15.9 Å². The zero-order valence-electron chi connectivity index (χ0n) is 18.2. The van der Waals surface area contributed by atoms with E-state index in [0.29, 0.717) is 31.1 Å². The predicted molar refractivity (Wildman–Crippen MR) is 117 cm³/mol. The number of fused-ring (bicyclic) bond motifs is 3. The lowest BCUT2D eigenvalue weighted by Gasteiger charge is -2.47. The number of hydrogen-bond donors (Lipinski definition) is 1. The van der Waals surface area contributed by atoms with Crippen molar-refractivity contribution in [2.24, 2.45) is 5.41 Å². The van der Waals surface area contributed by atoms with E-state index in [2.05, 4.69) is 33.0 Å². The number of benzene rings is 1. The van der Waals surface area contributed by atoms with E-state index in [9.17, 15) is 10.4 Å². The number of methoxy groups -OCH3 is 1. The third kappa shape index (κ3) is 4.20. The van der Waals surface area contributed by atoms with Gasteiger partial charge in [-0.2, -0.15) is 5.26 Å². The molecule has 2 fully saturated rings. The minimum atomic E-state index is -0.512. The molecule has 0 radical (unpaired) electrons. The maximum atomic E-state index is 10.8. The standard InChI is InChI=1S/C23H31BrN2O4/c1-22(2,3)30-19-11-26-8-5-14-15(16(26)10-17(19)27)9-18(28-4)21(20(14)24)29-13-23(12-25)6-7-23/h9,16-17,19,27H,5-8,10-11,13H2,1-4H3/t16-,17-,19-/m1/s1. The lowest BCUT2D eigenvalue weighted by atomic mass is 9.84. The van der Waals surface area contributed by atoms with E-state index in [-0.39, 0.29) is 23.2 Å². The Labute approximate surface area is 187 Å². The molecule has 1 aromatic rings. The van der Waals surface area contributed by atoms with Gasteiger partial charge in [-0.1, -0.05) is 0 Å². The fraction of sp³-hybridized carbons (Fsp3) is 0.696. The van der Waals surface area contributed by atoms with E-state index in [1.165, 1.54) is 11.1 Å². The molecule has 1 aliphatic carbocycles. The van der Waals surface area contributed by atoms with Crippen molar-refractivity contribution >= 4 is 15.9 Å². The molecule has 7 heteroatoms. The average molecular weight is 479 g/mol. The van der Waals surface area contributed by atoms with E-state index < -0.39 is 6.10 Å². The number of hydrogen-bond acceptors (Lipinski definition) is 6. The number of rotatable bonds is 5. The van der Waals surface area contributed by atoms with Crippen LogP contribution in [0.5, 0.6) is 11.5 Å². The molecule has 3 atom stereocenters. The highest BCUT2D eigenvalue weighted by Crippen LogP contribution is 2.50. The Kier molecular flexibility index (Phi) is 5.82. The normalized spacial score (nSPS) is 27.6. The van der Waals surface area contributed by atoms with Gasteiger partial charge >= 0.3 is 0 Å². The van der Waals surface area contributed by atoms with Crippen molar-refractivity contribution in [3.63, 3.8) is 0 Å². The van der Waals surface area contributed by atoms with Gasteiger partial charge in [-0.05, 0) is 79.6 Å². The van der Waals surface area contributed by atoms with Crippen LogP contribution in [-0.2, 0) is 11.2 Å². The highest BCUT2D eigenvalue weighted by molar-refractivity contribution is 9.10. The molecule has 2 heterocycles. The molecule has 3 aliphatic rings. The largest absolute Gasteiger partial charge is 0.493 e. The molecule has 0 amide bonds. The van der Waals surface area contributed by atoms with Crippen LogP contribution < -0.4 is 9.47 Å². The van der Waals surface area contributed by atoms with Crippen molar-refractivity contribution < 1.29 is 19.3 Å². The minimum Gasteiger partial charge on any atom is -0.493 e. The van der Waals surface area contributed by atoms with Gasteiger partial charge in [-0.15, -0.1) is 0 Å². The maximum absolute atomic E-state index is 10.8. The highest BCUT2D eigenvalue weighted by Gasteiger charge is 2.45. The van der Waals surface area contributed by atoms with Gasteiger partial charge in [-0.3, -0.25) is 4.90 Å². The molecule has 0 unspecified atom stereocenters. The number of aliphatic hydroxyl groups excluding tert-OH is 1. The fourth-order valence-corrected chi connectivity index (χ4v) is 5.30. The van der Waals surface area contributed by atoms with E-state index >= 15 is 0 Å². The van der Waals surface area contributed by atoms with Crippen molar-refractivity contribution in [2.45, 2.75) is 70.3 Å². The zero-order valence-corrected chi connectivity index (χ0v) is 19.8. The van der Waals surface area contributed by atoms with Gasteiger partial charge in [0.05, 0.1) is 40.9 Å². The summed E-state index contributed by atoms with van der Waals surface area (Å²) < 4.78 is 18.8. The lowest BCUT2D eigenvalue weighted by molar-refractivity contribution is -0.149. The fourth-order valence-electron chi connectivity index (χ4n) is 4.56. The molecule has 4 rings (SSSR count). The summed E-state index contributed by atoms with van der Waals surface area (Å²) in [6.45, 7) is 8.08. The summed E-state index contributed by atoms with van der Waals surface area (Å²) in [6, 6.07) is 4.55. The first-order valence-electron chi connectivity index (χ1n) is 10.7. The van der Waals surface area contributed by atoms with Gasteiger partial charge in [0.1, 0.15) is 6.61 Å². The number of nitriles is 1. The van der Waals surface area contributed by atoms with Gasteiger partial charge in [0.25, 0.3) is 0 Å². The van der Waals surface area contributed by atoms with Gasteiger partial charge in [-0.25, -0.2) is 0 Å². The SMILES string of the molecule is COc1cc2c(c(Br)c1OCC1(C#N)CC1)CCN1C[C@@H](OC(C)(C)C)[C@H](O)C[C@H]21. The van der Waals surface area contributed by atoms with Gasteiger partial charge in [0.2, 0.25) is 0 Å². The van der Waals surface area contributed by atoms with Crippen molar-refractivity contribution in [2.75, 3.05) is 26.8 Å². The van der Waals surface area contributed by atoms with Crippen LogP contribution in [-0.4, -0.2) is 54.6 Å². The summed E-state index contributed by atoms with van der Waals surface area (Å²) in [6.07, 6.45) is 2.59. The Bertz CT molecular complexity index is 856. The van der Waals surface area contributed by atoms with Crippen molar-refractivity contribution in [3.8, 4) is 17.6 Å². The molecule has 1 saturated carbocycles. The Morgan fingerprint density at radius 1 is 1.37 bits per heavy atom. The second kappa shape index (κ2) is 7.98. The molecule has 0 aromatic heterocycles. The van der Waals surface area contributed by atoms with Crippen LogP contribution in [0, 0.1) is 16.7 Å². The van der Waals surface area contributed by atoms with Crippen LogP contribution in [0.15, 0.2) is 10.5 Å². The molecule has 0 bridgehead atoms. The quantitative estimate of drug-likeness (QED) is 0.689. The molecule has 1 N–H and O–H groups in total. The van der Waals surface area contributed by atoms with Crippen LogP contribution in [0.2, 0.25) is 0 Å². The van der Waals surface area contributed by atoms with Crippen LogP contribution in [0.25, 0.3) is 0 Å².